The van der Waals surface area contributed by atoms with Crippen molar-refractivity contribution in [3.05, 3.63) is 0 Å². The predicted molar refractivity (Wildman–Crippen MR) is 52.9 cm³/mol. The SMILES string of the molecule is CCN(CC)C(=O)CNCC(O)C(F)(F)F. The Balaban J connectivity index is 3.86. The van der Waals surface area contributed by atoms with Gasteiger partial charge in [0.2, 0.25) is 5.91 Å². The van der Waals surface area contributed by atoms with Crippen LogP contribution in [0.4, 0.5) is 13.2 Å². The molecule has 0 bridgehead atoms. The molecule has 0 aromatic heterocycles. The zero-order chi connectivity index (χ0) is 12.8. The number of hydrogen-bond donors (Lipinski definition) is 2. The first kappa shape index (κ1) is 15.2. The number of carbonyl (C=O) groups is 1. The zero-order valence-electron chi connectivity index (χ0n) is 9.34. The van der Waals surface area contributed by atoms with Gasteiger partial charge in [-0.25, -0.2) is 0 Å². The second-order valence-electron chi connectivity index (χ2n) is 3.25. The van der Waals surface area contributed by atoms with E-state index in [0.717, 1.165) is 0 Å². The molecule has 0 spiro atoms. The lowest BCUT2D eigenvalue weighted by Crippen LogP contribution is -2.43. The standard InChI is InChI=1S/C9H17F3N2O2/c1-3-14(4-2)8(16)6-13-5-7(15)9(10,11)12/h7,13,15H,3-6H2,1-2H3. The number of carbonyl (C=O) groups excluding carboxylic acids is 1. The number of halogens is 3. The molecule has 1 unspecified atom stereocenters. The molecule has 0 saturated heterocycles. The molecule has 1 atom stereocenters. The van der Waals surface area contributed by atoms with Crippen molar-refractivity contribution in [1.29, 1.82) is 0 Å². The number of likely N-dealkylation sites (N-methyl/N-ethyl adjacent to an activating group) is 1. The fraction of sp³-hybridized carbons (Fsp3) is 0.889. The molecular weight excluding hydrogens is 225 g/mol. The summed E-state index contributed by atoms with van der Waals surface area (Å²) >= 11 is 0. The Morgan fingerprint density at radius 1 is 1.38 bits per heavy atom. The van der Waals surface area contributed by atoms with E-state index >= 15 is 0 Å². The van der Waals surface area contributed by atoms with E-state index in [9.17, 15) is 18.0 Å². The molecule has 0 saturated carbocycles. The maximum atomic E-state index is 11.9. The molecule has 4 nitrogen and oxygen atoms in total. The van der Waals surface area contributed by atoms with Gasteiger partial charge in [0.05, 0.1) is 6.54 Å². The number of amides is 1. The van der Waals surface area contributed by atoms with Gasteiger partial charge in [0, 0.05) is 19.6 Å². The van der Waals surface area contributed by atoms with Gasteiger partial charge < -0.3 is 15.3 Å². The molecule has 0 fully saturated rings. The minimum atomic E-state index is -4.65. The average molecular weight is 242 g/mol. The molecule has 1 amide bonds. The van der Waals surface area contributed by atoms with Crippen molar-refractivity contribution < 1.29 is 23.1 Å². The van der Waals surface area contributed by atoms with Crippen LogP contribution in [0.2, 0.25) is 0 Å². The summed E-state index contributed by atoms with van der Waals surface area (Å²) in [5.41, 5.74) is 0. The highest BCUT2D eigenvalue weighted by atomic mass is 19.4. The lowest BCUT2D eigenvalue weighted by molar-refractivity contribution is -0.201. The van der Waals surface area contributed by atoms with Gasteiger partial charge in [0.15, 0.2) is 6.10 Å². The molecule has 0 aliphatic carbocycles. The minimum Gasteiger partial charge on any atom is -0.382 e. The third-order valence-electron chi connectivity index (χ3n) is 2.11. The van der Waals surface area contributed by atoms with Crippen LogP contribution in [0.1, 0.15) is 13.8 Å². The van der Waals surface area contributed by atoms with Crippen molar-refractivity contribution in [2.24, 2.45) is 0 Å². The lowest BCUT2D eigenvalue weighted by atomic mass is 10.3. The molecule has 0 rings (SSSR count). The summed E-state index contributed by atoms with van der Waals surface area (Å²) in [5, 5.41) is 10.9. The molecule has 0 aromatic carbocycles. The van der Waals surface area contributed by atoms with Crippen LogP contribution in [0.25, 0.3) is 0 Å². The lowest BCUT2D eigenvalue weighted by Gasteiger charge is -2.20. The highest BCUT2D eigenvalue weighted by Crippen LogP contribution is 2.18. The number of nitrogens with one attached hydrogen (secondary N) is 1. The summed E-state index contributed by atoms with van der Waals surface area (Å²) in [4.78, 5) is 12.8. The summed E-state index contributed by atoms with van der Waals surface area (Å²) in [5.74, 6) is -0.278. The Bertz CT molecular complexity index is 217. The second kappa shape index (κ2) is 6.70. The van der Waals surface area contributed by atoms with Crippen LogP contribution >= 0.6 is 0 Å². The largest absolute Gasteiger partial charge is 0.415 e. The maximum Gasteiger partial charge on any atom is 0.415 e. The molecule has 0 aliphatic heterocycles. The van der Waals surface area contributed by atoms with Crippen molar-refractivity contribution >= 4 is 5.91 Å². The molecule has 0 heterocycles. The Morgan fingerprint density at radius 3 is 2.25 bits per heavy atom. The average Bonchev–Trinajstić information content (AvgIpc) is 2.18. The van der Waals surface area contributed by atoms with Crippen molar-refractivity contribution in [1.82, 2.24) is 10.2 Å². The topological polar surface area (TPSA) is 52.6 Å². The third-order valence-corrected chi connectivity index (χ3v) is 2.11. The summed E-state index contributed by atoms with van der Waals surface area (Å²) in [6.07, 6.45) is -7.08. The van der Waals surface area contributed by atoms with Crippen LogP contribution in [0.3, 0.4) is 0 Å². The van der Waals surface area contributed by atoms with Crippen molar-refractivity contribution in [2.75, 3.05) is 26.2 Å². The van der Waals surface area contributed by atoms with Gasteiger partial charge in [0.25, 0.3) is 0 Å². The first-order valence-corrected chi connectivity index (χ1v) is 5.06. The smallest absolute Gasteiger partial charge is 0.382 e. The molecule has 0 radical (unpaired) electrons. The van der Waals surface area contributed by atoms with Gasteiger partial charge in [-0.1, -0.05) is 0 Å². The van der Waals surface area contributed by atoms with Gasteiger partial charge in [-0.2, -0.15) is 13.2 Å². The van der Waals surface area contributed by atoms with Crippen LogP contribution in [-0.2, 0) is 4.79 Å². The molecule has 0 aliphatic rings. The number of aliphatic hydroxyl groups excluding tert-OH is 1. The third kappa shape index (κ3) is 5.32. The highest BCUT2D eigenvalue weighted by molar-refractivity contribution is 5.78. The fourth-order valence-electron chi connectivity index (χ4n) is 1.12. The summed E-state index contributed by atoms with van der Waals surface area (Å²) in [7, 11) is 0. The van der Waals surface area contributed by atoms with Gasteiger partial charge in [0.1, 0.15) is 0 Å². The summed E-state index contributed by atoms with van der Waals surface area (Å²) in [6.45, 7) is 3.72. The number of nitrogens with zero attached hydrogens (tertiary/aromatic N) is 1. The van der Waals surface area contributed by atoms with Crippen molar-refractivity contribution in [2.45, 2.75) is 26.1 Å². The summed E-state index contributed by atoms with van der Waals surface area (Å²) < 4.78 is 35.6. The van der Waals surface area contributed by atoms with E-state index in [2.05, 4.69) is 5.32 Å². The normalized spacial score (nSPS) is 13.6. The van der Waals surface area contributed by atoms with Gasteiger partial charge >= 0.3 is 6.18 Å². The second-order valence-corrected chi connectivity index (χ2v) is 3.25. The van der Waals surface area contributed by atoms with Crippen LogP contribution in [0.5, 0.6) is 0 Å². The van der Waals surface area contributed by atoms with E-state index in [1.54, 1.807) is 13.8 Å². The van der Waals surface area contributed by atoms with E-state index < -0.39 is 18.8 Å². The van der Waals surface area contributed by atoms with Crippen LogP contribution in [0.15, 0.2) is 0 Å². The molecular formula is C9H17F3N2O2. The van der Waals surface area contributed by atoms with Crippen molar-refractivity contribution in [3.63, 3.8) is 0 Å². The van der Waals surface area contributed by atoms with E-state index in [0.29, 0.717) is 13.1 Å². The minimum absolute atomic E-state index is 0.200. The Kier molecular flexibility index (Phi) is 6.35. The molecule has 16 heavy (non-hydrogen) atoms. The van der Waals surface area contributed by atoms with Crippen LogP contribution in [0, 0.1) is 0 Å². The molecule has 0 aromatic rings. The van der Waals surface area contributed by atoms with Gasteiger partial charge in [-0.15, -0.1) is 0 Å². The first-order chi connectivity index (χ1) is 7.32. The Labute approximate surface area is 92.4 Å². The molecule has 7 heteroatoms. The number of aliphatic hydroxyl groups is 1. The molecule has 96 valence electrons. The Morgan fingerprint density at radius 2 is 1.88 bits per heavy atom. The number of hydrogen-bond acceptors (Lipinski definition) is 3. The highest BCUT2D eigenvalue weighted by Gasteiger charge is 2.37. The van der Waals surface area contributed by atoms with Crippen LogP contribution in [-0.4, -0.2) is 54.4 Å². The first-order valence-electron chi connectivity index (χ1n) is 5.06. The van der Waals surface area contributed by atoms with Gasteiger partial charge in [-0.05, 0) is 13.8 Å². The number of rotatable bonds is 6. The van der Waals surface area contributed by atoms with E-state index in [1.165, 1.54) is 4.90 Å². The van der Waals surface area contributed by atoms with E-state index in [1.807, 2.05) is 0 Å². The van der Waals surface area contributed by atoms with Crippen molar-refractivity contribution in [3.8, 4) is 0 Å². The quantitative estimate of drug-likeness (QED) is 0.707. The zero-order valence-corrected chi connectivity index (χ0v) is 9.34. The summed E-state index contributed by atoms with van der Waals surface area (Å²) in [6, 6.07) is 0. The monoisotopic (exact) mass is 242 g/mol. The van der Waals surface area contributed by atoms with E-state index in [4.69, 9.17) is 5.11 Å². The molecule has 2 N–H and O–H groups in total. The Hall–Kier alpha value is -0.820. The van der Waals surface area contributed by atoms with Gasteiger partial charge in [-0.3, -0.25) is 4.79 Å². The predicted octanol–water partition coefficient (Wildman–Crippen LogP) is 0.368. The van der Waals surface area contributed by atoms with E-state index in [-0.39, 0.29) is 12.5 Å². The maximum absolute atomic E-state index is 11.9. The van der Waals surface area contributed by atoms with Crippen LogP contribution < -0.4 is 5.32 Å². The number of alkyl halides is 3. The fourth-order valence-corrected chi connectivity index (χ4v) is 1.12.